The highest BCUT2D eigenvalue weighted by atomic mass is 35.5. The van der Waals surface area contributed by atoms with E-state index < -0.39 is 0 Å². The van der Waals surface area contributed by atoms with Gasteiger partial charge in [-0.1, -0.05) is 37.5 Å². The molecule has 130 valence electrons. The lowest BCUT2D eigenvalue weighted by Crippen LogP contribution is -2.39. The third kappa shape index (κ3) is 2.75. The first-order valence-corrected chi connectivity index (χ1v) is 8.46. The van der Waals surface area contributed by atoms with Gasteiger partial charge in [0.25, 0.3) is 0 Å². The molecule has 2 fully saturated rings. The first-order valence-electron chi connectivity index (χ1n) is 8.08. The number of ether oxygens (including phenoxy) is 1. The predicted octanol–water partition coefficient (Wildman–Crippen LogP) is 4.07. The van der Waals surface area contributed by atoms with Crippen LogP contribution in [0.2, 0.25) is 5.02 Å². The molecule has 1 aliphatic heterocycles. The number of carbonyl (C=O) groups is 1. The number of hydrogen-bond acceptors (Lipinski definition) is 4. The number of rotatable bonds is 3. The molecule has 3 unspecified atom stereocenters. The van der Waals surface area contributed by atoms with Gasteiger partial charge in [0.2, 0.25) is 0 Å². The highest BCUT2D eigenvalue weighted by molar-refractivity contribution is 6.30. The van der Waals surface area contributed by atoms with Crippen LogP contribution in [0.25, 0.3) is 0 Å². The summed E-state index contributed by atoms with van der Waals surface area (Å²) in [6.07, 6.45) is 1.58. The van der Waals surface area contributed by atoms with E-state index in [1.54, 1.807) is 36.3 Å². The molecule has 1 aliphatic carbocycles. The Kier molecular flexibility index (Phi) is 4.24. The Labute approximate surface area is 147 Å². The normalized spacial score (nSPS) is 28.8. The molecule has 0 aromatic heterocycles. The van der Waals surface area contributed by atoms with Crippen molar-refractivity contribution in [1.29, 1.82) is 0 Å². The summed E-state index contributed by atoms with van der Waals surface area (Å²) in [4.78, 5) is 19.1. The van der Waals surface area contributed by atoms with E-state index in [9.17, 15) is 4.79 Å². The molecule has 1 heterocycles. The molecule has 1 saturated heterocycles. The molecule has 0 radical (unpaired) electrons. The van der Waals surface area contributed by atoms with Crippen LogP contribution in [0.5, 0.6) is 5.75 Å². The zero-order valence-electron chi connectivity index (χ0n) is 14.5. The predicted molar refractivity (Wildman–Crippen MR) is 93.4 cm³/mol. The maximum Gasteiger partial charge on any atom is 0.415 e. The highest BCUT2D eigenvalue weighted by Gasteiger charge is 2.73. The number of halogens is 1. The van der Waals surface area contributed by atoms with Crippen molar-refractivity contribution < 1.29 is 14.4 Å². The summed E-state index contributed by atoms with van der Waals surface area (Å²) in [5, 5.41) is 4.56. The standard InChI is InChI=1S/C18H23ClN2O3/c1-17(2,3)18-11-21(10-15(18)14(18)9-20-23-4)16(22)24-13-7-5-12(19)6-8-13/h5-9,14-15H,10-11H2,1-4H3. The largest absolute Gasteiger partial charge is 0.415 e. The summed E-state index contributed by atoms with van der Waals surface area (Å²) >= 11 is 5.85. The molecule has 1 aromatic rings. The number of piperidine rings is 1. The summed E-state index contributed by atoms with van der Waals surface area (Å²) in [6, 6.07) is 6.81. The van der Waals surface area contributed by atoms with Gasteiger partial charge in [-0.25, -0.2) is 4.79 Å². The molecule has 1 aromatic carbocycles. The minimum atomic E-state index is -0.310. The van der Waals surface area contributed by atoms with Crippen molar-refractivity contribution >= 4 is 23.9 Å². The zero-order chi connectivity index (χ0) is 17.5. The quantitative estimate of drug-likeness (QED) is 0.610. The third-order valence-electron chi connectivity index (χ3n) is 5.45. The van der Waals surface area contributed by atoms with Crippen LogP contribution in [0, 0.1) is 22.7 Å². The Bertz CT molecular complexity index is 653. The van der Waals surface area contributed by atoms with Crippen molar-refractivity contribution in [3.63, 3.8) is 0 Å². The third-order valence-corrected chi connectivity index (χ3v) is 5.70. The highest BCUT2D eigenvalue weighted by Crippen LogP contribution is 2.70. The smallest absolute Gasteiger partial charge is 0.410 e. The van der Waals surface area contributed by atoms with Gasteiger partial charge >= 0.3 is 6.09 Å². The molecule has 6 heteroatoms. The number of oxime groups is 1. The number of fused-ring (bicyclic) bond motifs is 1. The number of carbonyl (C=O) groups excluding carboxylic acids is 1. The first kappa shape index (κ1) is 17.1. The second-order valence-electron chi connectivity index (χ2n) is 7.56. The van der Waals surface area contributed by atoms with E-state index in [1.807, 2.05) is 6.21 Å². The van der Waals surface area contributed by atoms with Crippen molar-refractivity contribution in [3.05, 3.63) is 29.3 Å². The van der Waals surface area contributed by atoms with Crippen LogP contribution in [0.3, 0.4) is 0 Å². The fourth-order valence-corrected chi connectivity index (χ4v) is 4.26. The van der Waals surface area contributed by atoms with Crippen LogP contribution in [0.15, 0.2) is 29.4 Å². The van der Waals surface area contributed by atoms with E-state index in [4.69, 9.17) is 21.2 Å². The molecule has 0 bridgehead atoms. The fourth-order valence-electron chi connectivity index (χ4n) is 4.13. The summed E-state index contributed by atoms with van der Waals surface area (Å²) < 4.78 is 5.47. The van der Waals surface area contributed by atoms with Gasteiger partial charge in [0.15, 0.2) is 0 Å². The maximum atomic E-state index is 12.5. The number of nitrogens with zero attached hydrogens (tertiary/aromatic N) is 2. The average molecular weight is 351 g/mol. The van der Waals surface area contributed by atoms with Gasteiger partial charge in [-0.15, -0.1) is 0 Å². The SMILES string of the molecule is CON=CC1C2CN(C(=O)Oc3ccc(Cl)cc3)CC12C(C)(C)C. The van der Waals surface area contributed by atoms with Crippen LogP contribution < -0.4 is 4.74 Å². The second-order valence-corrected chi connectivity index (χ2v) is 8.00. The van der Waals surface area contributed by atoms with Gasteiger partial charge < -0.3 is 14.5 Å². The van der Waals surface area contributed by atoms with E-state index >= 15 is 0 Å². The van der Waals surface area contributed by atoms with Crippen molar-refractivity contribution in [2.75, 3.05) is 20.2 Å². The van der Waals surface area contributed by atoms with Crippen molar-refractivity contribution in [2.24, 2.45) is 27.8 Å². The lowest BCUT2D eigenvalue weighted by molar-refractivity contribution is 0.133. The molecule has 3 atom stereocenters. The number of hydrogen-bond donors (Lipinski definition) is 0. The second kappa shape index (κ2) is 5.96. The monoisotopic (exact) mass is 350 g/mol. The Morgan fingerprint density at radius 1 is 1.38 bits per heavy atom. The summed E-state index contributed by atoms with van der Waals surface area (Å²) in [5.74, 6) is 1.25. The Morgan fingerprint density at radius 2 is 2.04 bits per heavy atom. The molecule has 1 saturated carbocycles. The van der Waals surface area contributed by atoms with Gasteiger partial charge in [-0.05, 0) is 35.6 Å². The van der Waals surface area contributed by atoms with E-state index in [0.29, 0.717) is 35.7 Å². The Morgan fingerprint density at radius 3 is 2.58 bits per heavy atom. The first-order chi connectivity index (χ1) is 11.3. The van der Waals surface area contributed by atoms with Crippen LogP contribution in [-0.4, -0.2) is 37.4 Å². The minimum Gasteiger partial charge on any atom is -0.410 e. The maximum absolute atomic E-state index is 12.5. The number of likely N-dealkylation sites (tertiary alicyclic amines) is 1. The molecular formula is C18H23ClN2O3. The summed E-state index contributed by atoms with van der Waals surface area (Å²) in [6.45, 7) is 8.01. The summed E-state index contributed by atoms with van der Waals surface area (Å²) in [7, 11) is 1.55. The van der Waals surface area contributed by atoms with E-state index in [1.165, 1.54) is 0 Å². The van der Waals surface area contributed by atoms with Crippen LogP contribution in [0.4, 0.5) is 4.79 Å². The Balaban J connectivity index is 1.69. The number of benzene rings is 1. The van der Waals surface area contributed by atoms with Crippen LogP contribution >= 0.6 is 11.6 Å². The molecule has 0 N–H and O–H groups in total. The fraction of sp³-hybridized carbons (Fsp3) is 0.556. The minimum absolute atomic E-state index is 0.0358. The van der Waals surface area contributed by atoms with E-state index in [0.717, 1.165) is 0 Å². The van der Waals surface area contributed by atoms with Gasteiger partial charge in [0.1, 0.15) is 12.9 Å². The molecular weight excluding hydrogens is 328 g/mol. The average Bonchev–Trinajstić information content (AvgIpc) is 2.93. The van der Waals surface area contributed by atoms with Crippen molar-refractivity contribution in [1.82, 2.24) is 4.90 Å². The van der Waals surface area contributed by atoms with Crippen LogP contribution in [-0.2, 0) is 4.84 Å². The zero-order valence-corrected chi connectivity index (χ0v) is 15.2. The van der Waals surface area contributed by atoms with Crippen molar-refractivity contribution in [3.8, 4) is 5.75 Å². The molecule has 0 spiro atoms. The van der Waals surface area contributed by atoms with Gasteiger partial charge in [0, 0.05) is 35.7 Å². The molecule has 24 heavy (non-hydrogen) atoms. The van der Waals surface area contributed by atoms with Crippen LogP contribution in [0.1, 0.15) is 20.8 Å². The Hall–Kier alpha value is -1.75. The van der Waals surface area contributed by atoms with Crippen molar-refractivity contribution in [2.45, 2.75) is 20.8 Å². The van der Waals surface area contributed by atoms with Gasteiger partial charge in [-0.3, -0.25) is 0 Å². The summed E-state index contributed by atoms with van der Waals surface area (Å²) in [5.41, 5.74) is 0.103. The topological polar surface area (TPSA) is 51.1 Å². The van der Waals surface area contributed by atoms with E-state index in [-0.39, 0.29) is 16.9 Å². The molecule has 1 amide bonds. The number of amides is 1. The van der Waals surface area contributed by atoms with E-state index in [2.05, 4.69) is 25.9 Å². The van der Waals surface area contributed by atoms with Gasteiger partial charge in [-0.2, -0.15) is 0 Å². The lowest BCUT2D eigenvalue weighted by Gasteiger charge is -2.32. The lowest BCUT2D eigenvalue weighted by atomic mass is 9.75. The molecule has 5 nitrogen and oxygen atoms in total. The molecule has 3 rings (SSSR count). The molecule has 2 aliphatic rings. The van der Waals surface area contributed by atoms with Gasteiger partial charge in [0.05, 0.1) is 0 Å².